The fourth-order valence-electron chi connectivity index (χ4n) is 4.21. The summed E-state index contributed by atoms with van der Waals surface area (Å²) in [5, 5.41) is 8.70. The van der Waals surface area contributed by atoms with Gasteiger partial charge in [-0.3, -0.25) is 14.4 Å². The molecule has 0 saturated heterocycles. The first-order chi connectivity index (χ1) is 17.3. The summed E-state index contributed by atoms with van der Waals surface area (Å²) >= 11 is 0. The average molecular weight is 487 g/mol. The molecule has 8 nitrogen and oxygen atoms in total. The van der Waals surface area contributed by atoms with Crippen molar-refractivity contribution in [3.05, 3.63) is 89.5 Å². The van der Waals surface area contributed by atoms with E-state index in [9.17, 15) is 19.2 Å². The Morgan fingerprint density at radius 2 is 1.44 bits per heavy atom. The molecule has 1 atom stereocenters. The monoisotopic (exact) mass is 486 g/mol. The Labute approximate surface area is 208 Å². The van der Waals surface area contributed by atoms with Crippen LogP contribution in [-0.2, 0) is 19.1 Å². The van der Waals surface area contributed by atoms with Crippen molar-refractivity contribution in [2.24, 2.45) is 0 Å². The molecule has 3 aromatic rings. The number of ketones is 2. The first kappa shape index (κ1) is 24.8. The van der Waals surface area contributed by atoms with E-state index in [1.54, 1.807) is 31.2 Å². The summed E-state index contributed by atoms with van der Waals surface area (Å²) in [7, 11) is 0. The second-order valence-corrected chi connectivity index (χ2v) is 8.58. The zero-order valence-corrected chi connectivity index (χ0v) is 19.7. The van der Waals surface area contributed by atoms with Crippen molar-refractivity contribution in [2.75, 3.05) is 12.0 Å². The van der Waals surface area contributed by atoms with Gasteiger partial charge in [0.1, 0.15) is 6.61 Å². The standard InChI is InChI=1S/C28H26N2O6/c1-17(29-30-19-12-10-18(11-13-19)25(31)14-15-26(32)33)27(34)28(35)36-16-24-22-8-4-2-6-20(22)21-7-3-5-9-23(21)24/h2-13,17,24,29-30H,14-16H2,1H3,(H,32,33)/t17-/m1/s1. The number of rotatable bonds is 11. The number of esters is 1. The number of hydrazine groups is 1. The van der Waals surface area contributed by atoms with Gasteiger partial charge in [-0.25, -0.2) is 10.2 Å². The van der Waals surface area contributed by atoms with E-state index in [0.717, 1.165) is 22.3 Å². The van der Waals surface area contributed by atoms with Crippen LogP contribution in [0.4, 0.5) is 5.69 Å². The van der Waals surface area contributed by atoms with Gasteiger partial charge >= 0.3 is 11.9 Å². The van der Waals surface area contributed by atoms with Crippen molar-refractivity contribution < 1.29 is 29.0 Å². The van der Waals surface area contributed by atoms with Crippen LogP contribution in [0.1, 0.15) is 47.2 Å². The SMILES string of the molecule is C[C@@H](NNc1ccc(C(=O)CCC(=O)O)cc1)C(=O)C(=O)OCC1c2ccccc2-c2ccccc21. The van der Waals surface area contributed by atoms with E-state index in [-0.39, 0.29) is 31.1 Å². The number of Topliss-reactive ketones (excluding diaryl/α,β-unsaturated/α-hetero) is 2. The van der Waals surface area contributed by atoms with Gasteiger partial charge in [0.05, 0.1) is 12.5 Å². The van der Waals surface area contributed by atoms with Crippen LogP contribution in [0.3, 0.4) is 0 Å². The third-order valence-electron chi connectivity index (χ3n) is 6.14. The third kappa shape index (κ3) is 5.50. The topological polar surface area (TPSA) is 122 Å². The number of fused-ring (bicyclic) bond motifs is 3. The lowest BCUT2D eigenvalue weighted by molar-refractivity contribution is -0.154. The van der Waals surface area contributed by atoms with Gasteiger partial charge in [-0.15, -0.1) is 0 Å². The zero-order valence-electron chi connectivity index (χ0n) is 19.7. The van der Waals surface area contributed by atoms with E-state index in [1.165, 1.54) is 0 Å². The maximum absolute atomic E-state index is 12.6. The Balaban J connectivity index is 1.29. The molecule has 3 aromatic carbocycles. The molecular weight excluding hydrogens is 460 g/mol. The summed E-state index contributed by atoms with van der Waals surface area (Å²) in [4.78, 5) is 47.7. The van der Waals surface area contributed by atoms with Crippen LogP contribution >= 0.6 is 0 Å². The van der Waals surface area contributed by atoms with Crippen LogP contribution in [0.25, 0.3) is 11.1 Å². The highest BCUT2D eigenvalue weighted by molar-refractivity contribution is 6.35. The van der Waals surface area contributed by atoms with Crippen LogP contribution < -0.4 is 10.9 Å². The molecule has 0 heterocycles. The molecule has 0 spiro atoms. The van der Waals surface area contributed by atoms with Gasteiger partial charge in [0.15, 0.2) is 5.78 Å². The molecular formula is C28H26N2O6. The molecule has 1 aliphatic carbocycles. The van der Waals surface area contributed by atoms with Crippen molar-refractivity contribution in [2.45, 2.75) is 31.7 Å². The molecule has 0 radical (unpaired) electrons. The number of carbonyl (C=O) groups excluding carboxylic acids is 3. The highest BCUT2D eigenvalue weighted by Gasteiger charge is 2.30. The van der Waals surface area contributed by atoms with Crippen LogP contribution in [0, 0.1) is 0 Å². The van der Waals surface area contributed by atoms with Gasteiger partial charge in [-0.05, 0) is 53.4 Å². The summed E-state index contributed by atoms with van der Waals surface area (Å²) in [6.07, 6.45) is -0.304. The van der Waals surface area contributed by atoms with Gasteiger partial charge in [-0.2, -0.15) is 0 Å². The Bertz CT molecular complexity index is 1260. The molecule has 0 bridgehead atoms. The first-order valence-electron chi connectivity index (χ1n) is 11.6. The summed E-state index contributed by atoms with van der Waals surface area (Å²) < 4.78 is 5.42. The first-order valence-corrected chi connectivity index (χ1v) is 11.6. The van der Waals surface area contributed by atoms with Gasteiger partial charge in [0.2, 0.25) is 0 Å². The van der Waals surface area contributed by atoms with E-state index in [0.29, 0.717) is 11.3 Å². The van der Waals surface area contributed by atoms with Crippen molar-refractivity contribution in [1.82, 2.24) is 5.43 Å². The highest BCUT2D eigenvalue weighted by Crippen LogP contribution is 2.44. The number of hydrogen-bond acceptors (Lipinski definition) is 7. The summed E-state index contributed by atoms with van der Waals surface area (Å²) in [6, 6.07) is 21.4. The molecule has 0 saturated carbocycles. The average Bonchev–Trinajstić information content (AvgIpc) is 3.22. The van der Waals surface area contributed by atoms with Crippen LogP contribution in [0.15, 0.2) is 72.8 Å². The van der Waals surface area contributed by atoms with Gasteiger partial charge in [-0.1, -0.05) is 48.5 Å². The third-order valence-corrected chi connectivity index (χ3v) is 6.14. The van der Waals surface area contributed by atoms with E-state index < -0.39 is 23.8 Å². The molecule has 0 aromatic heterocycles. The number of carboxylic acid groups (broad SMARTS) is 1. The van der Waals surface area contributed by atoms with E-state index in [1.807, 2.05) is 48.5 Å². The van der Waals surface area contributed by atoms with Gasteiger partial charge in [0.25, 0.3) is 5.78 Å². The lowest BCUT2D eigenvalue weighted by Gasteiger charge is -2.16. The van der Waals surface area contributed by atoms with E-state index >= 15 is 0 Å². The number of nitrogens with one attached hydrogen (secondary N) is 2. The number of carbonyl (C=O) groups is 4. The van der Waals surface area contributed by atoms with Crippen molar-refractivity contribution in [1.29, 1.82) is 0 Å². The number of carboxylic acids is 1. The second-order valence-electron chi connectivity index (χ2n) is 8.58. The maximum atomic E-state index is 12.6. The van der Waals surface area contributed by atoms with Crippen LogP contribution in [0.5, 0.6) is 0 Å². The van der Waals surface area contributed by atoms with Crippen molar-refractivity contribution in [3.63, 3.8) is 0 Å². The largest absolute Gasteiger partial charge is 0.481 e. The van der Waals surface area contributed by atoms with Gasteiger partial charge in [0, 0.05) is 23.6 Å². The Morgan fingerprint density at radius 3 is 2.03 bits per heavy atom. The normalized spacial score (nSPS) is 12.8. The lowest BCUT2D eigenvalue weighted by atomic mass is 9.98. The minimum Gasteiger partial charge on any atom is -0.481 e. The zero-order chi connectivity index (χ0) is 25.7. The predicted molar refractivity (Wildman–Crippen MR) is 134 cm³/mol. The van der Waals surface area contributed by atoms with E-state index in [2.05, 4.69) is 10.9 Å². The maximum Gasteiger partial charge on any atom is 0.376 e. The molecule has 3 N–H and O–H groups in total. The summed E-state index contributed by atoms with van der Waals surface area (Å²) in [5.41, 5.74) is 10.9. The molecule has 4 rings (SSSR count). The van der Waals surface area contributed by atoms with Crippen LogP contribution in [0.2, 0.25) is 0 Å². The minimum absolute atomic E-state index is 0.0656. The summed E-state index contributed by atoms with van der Waals surface area (Å²) in [6.45, 7) is 1.61. The summed E-state index contributed by atoms with van der Waals surface area (Å²) in [5.74, 6) is -3.07. The lowest BCUT2D eigenvalue weighted by Crippen LogP contribution is -2.42. The fraction of sp³-hybridized carbons (Fsp3) is 0.214. The number of benzene rings is 3. The van der Waals surface area contributed by atoms with Crippen LogP contribution in [-0.4, -0.2) is 41.3 Å². The molecule has 0 aliphatic heterocycles. The quantitative estimate of drug-likeness (QED) is 0.161. The molecule has 0 amide bonds. The van der Waals surface area contributed by atoms with Gasteiger partial charge < -0.3 is 15.3 Å². The molecule has 0 unspecified atom stereocenters. The number of hydrogen-bond donors (Lipinski definition) is 3. The Hall–Kier alpha value is -4.30. The number of aliphatic carboxylic acids is 1. The number of anilines is 1. The second kappa shape index (κ2) is 11.0. The molecule has 1 aliphatic rings. The minimum atomic E-state index is -1.03. The Morgan fingerprint density at radius 1 is 0.861 bits per heavy atom. The Kier molecular flexibility index (Phi) is 7.56. The smallest absolute Gasteiger partial charge is 0.376 e. The van der Waals surface area contributed by atoms with E-state index in [4.69, 9.17) is 9.84 Å². The fourth-order valence-corrected chi connectivity index (χ4v) is 4.21. The highest BCUT2D eigenvalue weighted by atomic mass is 16.5. The molecule has 0 fully saturated rings. The number of ether oxygens (including phenoxy) is 1. The predicted octanol–water partition coefficient (Wildman–Crippen LogP) is 3.96. The van der Waals surface area contributed by atoms with Crippen molar-refractivity contribution >= 4 is 29.2 Å². The molecule has 184 valence electrons. The molecule has 36 heavy (non-hydrogen) atoms. The van der Waals surface area contributed by atoms with Crippen molar-refractivity contribution in [3.8, 4) is 11.1 Å². The molecule has 8 heteroatoms.